The number of aromatic hydroxyl groups is 3. The highest BCUT2D eigenvalue weighted by Crippen LogP contribution is 2.43. The summed E-state index contributed by atoms with van der Waals surface area (Å²) in [7, 11) is 0. The summed E-state index contributed by atoms with van der Waals surface area (Å²) in [6.07, 6.45) is 0. The van der Waals surface area contributed by atoms with Crippen LogP contribution >= 0.6 is 11.8 Å². The Morgan fingerprint density at radius 2 is 1.59 bits per heavy atom. The number of benzene rings is 3. The van der Waals surface area contributed by atoms with Gasteiger partial charge in [0.25, 0.3) is 1.43 Å². The van der Waals surface area contributed by atoms with Gasteiger partial charge in [0.1, 0.15) is 17.2 Å². The van der Waals surface area contributed by atoms with E-state index >= 15 is 0 Å². The zero-order valence-electron chi connectivity index (χ0n) is 16.0. The minimum Gasteiger partial charge on any atom is -0.508 e. The summed E-state index contributed by atoms with van der Waals surface area (Å²) in [6, 6.07) is 16.5. The number of carbonyl (C=O) groups excluding carboxylic acids is 1. The molecule has 138 valence electrons. The van der Waals surface area contributed by atoms with Gasteiger partial charge in [0.2, 0.25) is 0 Å². The maximum atomic E-state index is 13.3. The maximum Gasteiger partial charge on any atom is 0.293 e. The Hall–Kier alpha value is -2.92. The molecule has 27 heavy (non-hydrogen) atoms. The maximum absolute atomic E-state index is 13.3. The topological polar surface area (TPSA) is 77.8 Å². The molecule has 3 rings (SSSR count). The molecule has 0 aromatic heterocycles. The van der Waals surface area contributed by atoms with Crippen molar-refractivity contribution in [1.29, 1.82) is 1.43 Å². The average Bonchev–Trinajstić information content (AvgIpc) is 2.68. The summed E-state index contributed by atoms with van der Waals surface area (Å²) in [5, 5.41) is 23.8. The van der Waals surface area contributed by atoms with Crippen molar-refractivity contribution in [1.82, 2.24) is 0 Å². The fourth-order valence-electron chi connectivity index (χ4n) is 2.90. The summed E-state index contributed by atoms with van der Waals surface area (Å²) in [4.78, 5) is 13.9. The van der Waals surface area contributed by atoms with E-state index in [9.17, 15) is 15.0 Å². The minimum absolute atomic E-state index is 0.0877. The molecule has 0 bridgehead atoms. The molecule has 0 aliphatic carbocycles. The lowest BCUT2D eigenvalue weighted by Crippen LogP contribution is -2.10. The van der Waals surface area contributed by atoms with Crippen LogP contribution in [-0.2, 0) is 0 Å². The molecular weight excluding hydrogens is 360 g/mol. The molecule has 0 spiro atoms. The second-order valence-corrected chi connectivity index (χ2v) is 7.52. The monoisotopic (exact) mass is 382 g/mol. The van der Waals surface area contributed by atoms with Crippen LogP contribution in [0.15, 0.2) is 65.6 Å². The molecule has 0 saturated heterocycles. The van der Waals surface area contributed by atoms with Crippen LogP contribution in [0.3, 0.4) is 0 Å². The predicted octanol–water partition coefficient (Wildman–Crippen LogP) is 5.14. The van der Waals surface area contributed by atoms with Crippen LogP contribution in [0.25, 0.3) is 0 Å². The van der Waals surface area contributed by atoms with Crippen LogP contribution in [0.4, 0.5) is 0 Å². The Bertz CT molecular complexity index is 961. The highest BCUT2D eigenvalue weighted by molar-refractivity contribution is 8.00. The van der Waals surface area contributed by atoms with Crippen molar-refractivity contribution in [2.45, 2.75) is 24.0 Å². The summed E-state index contributed by atoms with van der Waals surface area (Å²) in [5.41, 5.74) is 3.01. The number of thioether (sulfide) groups is 1. The summed E-state index contributed by atoms with van der Waals surface area (Å²) in [6.45, 7) is 3.80. The molecule has 1 atom stereocenters. The number of phenolic OH excluding ortho intramolecular Hbond substituents is 3. The van der Waals surface area contributed by atoms with Crippen LogP contribution < -0.4 is 0 Å². The predicted molar refractivity (Wildman–Crippen MR) is 107 cm³/mol. The first-order valence-electron chi connectivity index (χ1n) is 8.83. The number of aryl methyl sites for hydroxylation is 2. The van der Waals surface area contributed by atoms with Gasteiger partial charge >= 0.3 is 0 Å². The fourth-order valence-corrected chi connectivity index (χ4v) is 4.09. The number of Topliss-reactive ketones (excluding diaryl/α,β-unsaturated/α-hetero) is 1. The molecule has 4 nitrogen and oxygen atoms in total. The number of hydrogen-bond donors (Lipinski definition) is 3. The van der Waals surface area contributed by atoms with E-state index in [1.165, 1.54) is 23.9 Å². The smallest absolute Gasteiger partial charge is 0.293 e. The van der Waals surface area contributed by atoms with Crippen LogP contribution in [-0.4, -0.2) is 22.5 Å². The second kappa shape index (κ2) is 7.76. The van der Waals surface area contributed by atoms with E-state index in [2.05, 4.69) is 5.11 Å². The Balaban J connectivity index is 2.03. The molecule has 3 aromatic rings. The number of phenols is 3. The van der Waals surface area contributed by atoms with Crippen molar-refractivity contribution < 1.29 is 20.1 Å². The first-order valence-corrected chi connectivity index (χ1v) is 9.30. The molecule has 0 amide bonds. The van der Waals surface area contributed by atoms with Crippen molar-refractivity contribution in [3.8, 4) is 17.2 Å². The van der Waals surface area contributed by atoms with Gasteiger partial charge in [0.15, 0.2) is 5.78 Å². The van der Waals surface area contributed by atoms with E-state index in [0.717, 1.165) is 16.7 Å². The average molecular weight is 382 g/mol. The molecule has 3 N–H and O–H groups in total. The normalized spacial score (nSPS) is 12.3. The second-order valence-electron chi connectivity index (χ2n) is 6.41. The van der Waals surface area contributed by atoms with Gasteiger partial charge in [-0.1, -0.05) is 18.2 Å². The van der Waals surface area contributed by atoms with E-state index in [4.69, 9.17) is 1.43 Å². The van der Waals surface area contributed by atoms with E-state index in [1.54, 1.807) is 42.5 Å². The van der Waals surface area contributed by atoms with Gasteiger partial charge < -0.3 is 15.3 Å². The van der Waals surface area contributed by atoms with E-state index < -0.39 is 5.25 Å². The third kappa shape index (κ3) is 4.26. The zero-order chi connectivity index (χ0) is 20.3. The lowest BCUT2D eigenvalue weighted by atomic mass is 10.0. The molecule has 3 aromatic carbocycles. The molecule has 0 heterocycles. The molecule has 5 heteroatoms. The first-order chi connectivity index (χ1) is 13.4. The van der Waals surface area contributed by atoms with Crippen LogP contribution in [0.1, 0.15) is 32.3 Å². The Kier molecular flexibility index (Phi) is 5.03. The molecule has 0 saturated carbocycles. The van der Waals surface area contributed by atoms with Crippen molar-refractivity contribution in [2.75, 3.05) is 0 Å². The summed E-state index contributed by atoms with van der Waals surface area (Å²) >= 11 is 1.27. The lowest BCUT2D eigenvalue weighted by Gasteiger charge is -2.19. The third-order valence-corrected chi connectivity index (χ3v) is 5.70. The van der Waals surface area contributed by atoms with Crippen LogP contribution in [0.2, 0.25) is 0 Å². The summed E-state index contributed by atoms with van der Waals surface area (Å²) in [5.74, 6) is 0.449. The standard InChI is InChI=1S/C22H20O4S/c1-13-11-14(2)21(19(25)12-13)27-22(16-5-9-18(24)10-6-16)20(26)15-3-7-17(23)8-4-15/h3-12,22-25H,1-2H3/i/hT. The quantitative estimate of drug-likeness (QED) is 0.407. The SMILES string of the molecule is [3H]Oc1ccc(C(Sc2c(C)cc(C)cc2O)C(=O)c2ccc(O)cc2)cc1. The summed E-state index contributed by atoms with van der Waals surface area (Å²) < 4.78 is 6.99. The van der Waals surface area contributed by atoms with Gasteiger partial charge in [-0.15, -0.1) is 11.8 Å². The number of ketones is 1. The van der Waals surface area contributed by atoms with Crippen molar-refractivity contribution in [3.05, 3.63) is 82.9 Å². The highest BCUT2D eigenvalue weighted by atomic mass is 32.2. The van der Waals surface area contributed by atoms with E-state index in [1.807, 2.05) is 19.9 Å². The number of hydrogen-bond acceptors (Lipinski definition) is 5. The van der Waals surface area contributed by atoms with Gasteiger partial charge in [-0.2, -0.15) is 0 Å². The Morgan fingerprint density at radius 3 is 2.19 bits per heavy atom. The van der Waals surface area contributed by atoms with Crippen molar-refractivity contribution in [2.24, 2.45) is 0 Å². The van der Waals surface area contributed by atoms with Crippen LogP contribution in [0, 0.1) is 13.8 Å². The van der Waals surface area contributed by atoms with E-state index in [0.29, 0.717) is 16.2 Å². The zero-order valence-corrected chi connectivity index (χ0v) is 15.8. The Labute approximate surface area is 163 Å². The molecule has 1 unspecified atom stereocenters. The van der Waals surface area contributed by atoms with Gasteiger partial charge in [0.05, 0.1) is 10.1 Å². The van der Waals surface area contributed by atoms with Crippen LogP contribution in [0.5, 0.6) is 17.2 Å². The van der Waals surface area contributed by atoms with Gasteiger partial charge in [-0.25, -0.2) is 0 Å². The molecule has 0 radical (unpaired) electrons. The highest BCUT2D eigenvalue weighted by Gasteiger charge is 2.25. The number of rotatable bonds is 6. The number of carbonyl (C=O) groups is 1. The Morgan fingerprint density at radius 1 is 0.963 bits per heavy atom. The minimum atomic E-state index is -0.614. The lowest BCUT2D eigenvalue weighted by molar-refractivity contribution is 0.0989. The van der Waals surface area contributed by atoms with Gasteiger partial charge in [-0.3, -0.25) is 4.79 Å². The largest absolute Gasteiger partial charge is 0.508 e. The van der Waals surface area contributed by atoms with E-state index in [-0.39, 0.29) is 17.3 Å². The fraction of sp³-hybridized carbons (Fsp3) is 0.136. The molecule has 0 aliphatic rings. The third-order valence-electron chi connectivity index (χ3n) is 4.21. The molecule has 0 fully saturated rings. The van der Waals surface area contributed by atoms with Gasteiger partial charge in [0, 0.05) is 5.56 Å². The van der Waals surface area contributed by atoms with Crippen molar-refractivity contribution >= 4 is 17.5 Å². The van der Waals surface area contributed by atoms with Crippen molar-refractivity contribution in [3.63, 3.8) is 0 Å². The van der Waals surface area contributed by atoms with Gasteiger partial charge in [-0.05, 0) is 73.0 Å². The molecule has 0 aliphatic heterocycles. The first kappa shape index (κ1) is 17.5. The molecular formula is C22H20O4S.